The molecule has 0 spiro atoms. The zero-order valence-corrected chi connectivity index (χ0v) is 16.5. The molecule has 4 rings (SSSR count). The van der Waals surface area contributed by atoms with Gasteiger partial charge in [0.15, 0.2) is 0 Å². The highest BCUT2D eigenvalue weighted by Gasteiger charge is 2.19. The number of nitrogens with zero attached hydrogens (tertiary/aromatic N) is 2. The molecule has 2 aromatic heterocycles. The van der Waals surface area contributed by atoms with Crippen LogP contribution in [0.3, 0.4) is 0 Å². The molecule has 0 radical (unpaired) electrons. The minimum absolute atomic E-state index is 0.239. The molecule has 9 heteroatoms. The molecule has 2 aromatic carbocycles. The molecule has 0 unspecified atom stereocenters. The summed E-state index contributed by atoms with van der Waals surface area (Å²) >= 11 is 1.48. The lowest BCUT2D eigenvalue weighted by molar-refractivity contribution is 0.102. The predicted octanol–water partition coefficient (Wildman–Crippen LogP) is 3.35. The predicted molar refractivity (Wildman–Crippen MR) is 113 cm³/mol. The number of aromatic amines is 1. The van der Waals surface area contributed by atoms with Crippen LogP contribution in [0.5, 0.6) is 0 Å². The third-order valence-electron chi connectivity index (χ3n) is 4.38. The Kier molecular flexibility index (Phi) is 5.11. The lowest BCUT2D eigenvalue weighted by Gasteiger charge is -2.11. The van der Waals surface area contributed by atoms with Crippen LogP contribution < -0.4 is 16.6 Å². The fraction of sp³-hybridized carbons (Fsp3) is 0.0476. The van der Waals surface area contributed by atoms with Crippen molar-refractivity contribution >= 4 is 22.9 Å². The van der Waals surface area contributed by atoms with Crippen LogP contribution in [0.1, 0.15) is 15.4 Å². The summed E-state index contributed by atoms with van der Waals surface area (Å²) in [6, 6.07) is 12.4. The summed E-state index contributed by atoms with van der Waals surface area (Å²) in [6.07, 6.45) is 1.02. The Labute approximate surface area is 173 Å². The first-order valence-corrected chi connectivity index (χ1v) is 9.76. The number of carbonyl (C=O) groups is 1. The smallest absolute Gasteiger partial charge is 0.321 e. The van der Waals surface area contributed by atoms with E-state index in [4.69, 9.17) is 0 Å². The monoisotopic (exact) mass is 422 g/mol. The topological polar surface area (TPSA) is 96.8 Å². The average molecular weight is 422 g/mol. The maximum Gasteiger partial charge on any atom is 0.333 e. The largest absolute Gasteiger partial charge is 0.333 e. The van der Waals surface area contributed by atoms with Crippen molar-refractivity contribution in [3.8, 4) is 16.9 Å². The Morgan fingerprint density at radius 2 is 1.87 bits per heavy atom. The number of para-hydroxylation sites is 2. The van der Waals surface area contributed by atoms with Crippen LogP contribution in [0.2, 0.25) is 0 Å². The average Bonchev–Trinajstić information content (AvgIpc) is 3.16. The number of aromatic nitrogens is 3. The van der Waals surface area contributed by atoms with Gasteiger partial charge in [-0.3, -0.25) is 9.59 Å². The van der Waals surface area contributed by atoms with Crippen LogP contribution in [-0.2, 0) is 0 Å². The number of hydrogen-bond acceptors (Lipinski definition) is 5. The minimum atomic E-state index is -0.927. The highest BCUT2D eigenvalue weighted by atomic mass is 32.1. The molecule has 150 valence electrons. The van der Waals surface area contributed by atoms with Gasteiger partial charge in [0.25, 0.3) is 11.5 Å². The van der Waals surface area contributed by atoms with E-state index < -0.39 is 23.0 Å². The lowest BCUT2D eigenvalue weighted by atomic mass is 10.1. The van der Waals surface area contributed by atoms with Crippen LogP contribution in [-0.4, -0.2) is 20.4 Å². The number of anilines is 1. The molecule has 0 bridgehead atoms. The Morgan fingerprint density at radius 3 is 2.60 bits per heavy atom. The van der Waals surface area contributed by atoms with Crippen molar-refractivity contribution in [1.29, 1.82) is 0 Å². The molecule has 0 fully saturated rings. The molecule has 4 aromatic rings. The molecular weight excluding hydrogens is 407 g/mol. The first-order valence-electron chi connectivity index (χ1n) is 8.88. The highest BCUT2D eigenvalue weighted by molar-refractivity contribution is 7.09. The number of nitrogens with one attached hydrogen (secondary N) is 2. The molecule has 7 nitrogen and oxygen atoms in total. The molecule has 0 aliphatic heterocycles. The fourth-order valence-corrected chi connectivity index (χ4v) is 3.59. The second kappa shape index (κ2) is 7.88. The first kappa shape index (κ1) is 19.5. The van der Waals surface area contributed by atoms with Crippen molar-refractivity contribution in [2.45, 2.75) is 6.92 Å². The van der Waals surface area contributed by atoms with Gasteiger partial charge in [-0.2, -0.15) is 0 Å². The number of thiazole rings is 1. The molecule has 2 heterocycles. The van der Waals surface area contributed by atoms with E-state index in [1.165, 1.54) is 29.5 Å². The summed E-state index contributed by atoms with van der Waals surface area (Å²) in [5.41, 5.74) is -0.509. The second-order valence-corrected chi connectivity index (χ2v) is 7.41. The molecular formula is C21H15FN4O3S. The van der Waals surface area contributed by atoms with Crippen molar-refractivity contribution in [3.63, 3.8) is 0 Å². The number of rotatable bonds is 4. The summed E-state index contributed by atoms with van der Waals surface area (Å²) in [5.74, 6) is -1.49. The Balaban J connectivity index is 1.75. The number of carbonyl (C=O) groups excluding carboxylic acids is 1. The molecule has 0 saturated carbocycles. The Morgan fingerprint density at radius 1 is 1.13 bits per heavy atom. The molecule has 0 aliphatic rings. The maximum atomic E-state index is 14.1. The summed E-state index contributed by atoms with van der Waals surface area (Å²) in [6.45, 7) is 1.88. The fourth-order valence-electron chi connectivity index (χ4n) is 2.98. The lowest BCUT2D eigenvalue weighted by Crippen LogP contribution is -2.38. The van der Waals surface area contributed by atoms with Gasteiger partial charge in [-0.25, -0.2) is 18.7 Å². The zero-order chi connectivity index (χ0) is 21.3. The van der Waals surface area contributed by atoms with Crippen molar-refractivity contribution in [2.75, 3.05) is 5.32 Å². The van der Waals surface area contributed by atoms with Crippen LogP contribution >= 0.6 is 11.3 Å². The quantitative estimate of drug-likeness (QED) is 0.527. The van der Waals surface area contributed by atoms with Gasteiger partial charge in [0, 0.05) is 17.1 Å². The maximum absolute atomic E-state index is 14.1. The van der Waals surface area contributed by atoms with E-state index in [-0.39, 0.29) is 11.3 Å². The number of halogens is 1. The van der Waals surface area contributed by atoms with Crippen LogP contribution in [0.15, 0.2) is 69.7 Å². The molecule has 0 aliphatic carbocycles. The van der Waals surface area contributed by atoms with Crippen LogP contribution in [0, 0.1) is 12.7 Å². The second-order valence-electron chi connectivity index (χ2n) is 6.35. The van der Waals surface area contributed by atoms with Gasteiger partial charge < -0.3 is 10.3 Å². The SMILES string of the molecule is Cc1nc(-c2ccccc2NC(=O)c2c[nH]c(=O)n(-c3ccccc3F)c2=O)cs1. The van der Waals surface area contributed by atoms with Gasteiger partial charge in [0.2, 0.25) is 0 Å². The van der Waals surface area contributed by atoms with Crippen LogP contribution in [0.4, 0.5) is 10.1 Å². The molecule has 30 heavy (non-hydrogen) atoms. The third kappa shape index (κ3) is 3.58. The van der Waals surface area contributed by atoms with Crippen LogP contribution in [0.25, 0.3) is 16.9 Å². The highest BCUT2D eigenvalue weighted by Crippen LogP contribution is 2.28. The van der Waals surface area contributed by atoms with Gasteiger partial charge in [-0.15, -0.1) is 11.3 Å². The minimum Gasteiger partial charge on any atom is -0.321 e. The number of aryl methyl sites for hydroxylation is 1. The van der Waals surface area contributed by atoms with Gasteiger partial charge in [0.1, 0.15) is 11.4 Å². The van der Waals surface area contributed by atoms with E-state index in [1.54, 1.807) is 18.2 Å². The summed E-state index contributed by atoms with van der Waals surface area (Å²) in [5, 5.41) is 5.43. The standard InChI is InChI=1S/C21H15FN4O3S/c1-12-24-17(11-30-12)13-6-2-4-8-16(13)25-19(27)14-10-23-21(29)26(20(14)28)18-9-5-3-7-15(18)22/h2-11H,1H3,(H,23,29)(H,25,27). The molecule has 0 saturated heterocycles. The summed E-state index contributed by atoms with van der Waals surface area (Å²) in [7, 11) is 0. The normalized spacial score (nSPS) is 10.7. The van der Waals surface area contributed by atoms with E-state index in [0.717, 1.165) is 17.3 Å². The van der Waals surface area contributed by atoms with Crippen molar-refractivity contribution in [1.82, 2.24) is 14.5 Å². The van der Waals surface area contributed by atoms with Crippen molar-refractivity contribution in [2.24, 2.45) is 0 Å². The summed E-state index contributed by atoms with van der Waals surface area (Å²) in [4.78, 5) is 44.6. The summed E-state index contributed by atoms with van der Waals surface area (Å²) < 4.78 is 14.7. The Bertz CT molecular complexity index is 1370. The third-order valence-corrected chi connectivity index (χ3v) is 5.16. The van der Waals surface area contributed by atoms with E-state index in [9.17, 15) is 18.8 Å². The van der Waals surface area contributed by atoms with Gasteiger partial charge >= 0.3 is 5.69 Å². The van der Waals surface area contributed by atoms with Crippen molar-refractivity contribution < 1.29 is 9.18 Å². The zero-order valence-electron chi connectivity index (χ0n) is 15.7. The van der Waals surface area contributed by atoms with E-state index in [1.807, 2.05) is 18.4 Å². The van der Waals surface area contributed by atoms with E-state index >= 15 is 0 Å². The van der Waals surface area contributed by atoms with E-state index in [0.29, 0.717) is 21.5 Å². The van der Waals surface area contributed by atoms with E-state index in [2.05, 4.69) is 15.3 Å². The molecule has 0 atom stereocenters. The van der Waals surface area contributed by atoms with Gasteiger partial charge in [-0.1, -0.05) is 30.3 Å². The van der Waals surface area contributed by atoms with Crippen molar-refractivity contribution in [3.05, 3.63) is 97.3 Å². The number of benzene rings is 2. The van der Waals surface area contributed by atoms with Gasteiger partial charge in [-0.05, 0) is 25.1 Å². The molecule has 2 N–H and O–H groups in total. The number of H-pyrrole nitrogens is 1. The number of amides is 1. The Hall–Kier alpha value is -3.85. The van der Waals surface area contributed by atoms with Gasteiger partial charge in [0.05, 0.1) is 22.1 Å². The molecule has 1 amide bonds. The first-order chi connectivity index (χ1) is 14.5. The number of hydrogen-bond donors (Lipinski definition) is 2.